The quantitative estimate of drug-likeness (QED) is 0.830. The number of hydrogen-bond acceptors (Lipinski definition) is 4. The van der Waals surface area contributed by atoms with Crippen LogP contribution in [0.5, 0.6) is 5.75 Å². The standard InChI is InChI=1S/C14H23N3O3S/c1-15-11-12-6-8-17(9-7-12)21(18,19)16-13-4-3-5-14(10-13)20-2/h3-5,10,12,15-16H,6-9,11H2,1-2H3. The molecule has 0 bridgehead atoms. The lowest BCUT2D eigenvalue weighted by molar-refractivity contribution is 0.272. The lowest BCUT2D eigenvalue weighted by Crippen LogP contribution is -2.43. The highest BCUT2D eigenvalue weighted by molar-refractivity contribution is 7.90. The maximum absolute atomic E-state index is 12.4. The Hall–Kier alpha value is -1.31. The van der Waals surface area contributed by atoms with Gasteiger partial charge in [0, 0.05) is 19.2 Å². The van der Waals surface area contributed by atoms with Gasteiger partial charge in [0.1, 0.15) is 5.75 Å². The number of piperidine rings is 1. The van der Waals surface area contributed by atoms with Crippen LogP contribution in [0.1, 0.15) is 12.8 Å². The van der Waals surface area contributed by atoms with Gasteiger partial charge in [0.2, 0.25) is 0 Å². The van der Waals surface area contributed by atoms with Gasteiger partial charge in [-0.25, -0.2) is 0 Å². The third-order valence-corrected chi connectivity index (χ3v) is 5.26. The molecule has 1 aliphatic heterocycles. The fourth-order valence-corrected chi connectivity index (χ4v) is 3.79. The summed E-state index contributed by atoms with van der Waals surface area (Å²) >= 11 is 0. The van der Waals surface area contributed by atoms with Gasteiger partial charge in [-0.05, 0) is 44.5 Å². The highest BCUT2D eigenvalue weighted by Crippen LogP contribution is 2.22. The van der Waals surface area contributed by atoms with Crippen molar-refractivity contribution in [2.24, 2.45) is 5.92 Å². The molecule has 1 aromatic rings. The number of ether oxygens (including phenoxy) is 1. The Balaban J connectivity index is 1.99. The summed E-state index contributed by atoms with van der Waals surface area (Å²) in [7, 11) is -0.0126. The summed E-state index contributed by atoms with van der Waals surface area (Å²) < 4.78 is 34.0. The molecule has 0 unspecified atom stereocenters. The summed E-state index contributed by atoms with van der Waals surface area (Å²) in [6.45, 7) is 2.06. The van der Waals surface area contributed by atoms with Crippen LogP contribution in [0.3, 0.4) is 0 Å². The summed E-state index contributed by atoms with van der Waals surface area (Å²) in [5.74, 6) is 1.18. The van der Waals surface area contributed by atoms with Gasteiger partial charge in [-0.1, -0.05) is 6.07 Å². The Morgan fingerprint density at radius 2 is 2.05 bits per heavy atom. The molecule has 2 N–H and O–H groups in total. The predicted molar refractivity (Wildman–Crippen MR) is 83.8 cm³/mol. The maximum atomic E-state index is 12.4. The molecule has 21 heavy (non-hydrogen) atoms. The lowest BCUT2D eigenvalue weighted by atomic mass is 9.98. The molecule has 1 heterocycles. The lowest BCUT2D eigenvalue weighted by Gasteiger charge is -2.31. The van der Waals surface area contributed by atoms with Crippen molar-refractivity contribution in [2.75, 3.05) is 38.5 Å². The van der Waals surface area contributed by atoms with Crippen molar-refractivity contribution in [3.63, 3.8) is 0 Å². The molecule has 6 nitrogen and oxygen atoms in total. The van der Waals surface area contributed by atoms with E-state index in [0.29, 0.717) is 30.4 Å². The van der Waals surface area contributed by atoms with Crippen LogP contribution >= 0.6 is 0 Å². The van der Waals surface area contributed by atoms with Gasteiger partial charge in [0.05, 0.1) is 12.8 Å². The van der Waals surface area contributed by atoms with E-state index in [1.165, 1.54) is 4.31 Å². The van der Waals surface area contributed by atoms with E-state index in [-0.39, 0.29) is 0 Å². The summed E-state index contributed by atoms with van der Waals surface area (Å²) in [6, 6.07) is 6.93. The fraction of sp³-hybridized carbons (Fsp3) is 0.571. The van der Waals surface area contributed by atoms with Gasteiger partial charge in [-0.3, -0.25) is 4.72 Å². The van der Waals surface area contributed by atoms with Crippen LogP contribution in [0, 0.1) is 5.92 Å². The molecule has 7 heteroatoms. The van der Waals surface area contributed by atoms with Crippen LogP contribution in [0.4, 0.5) is 5.69 Å². The van der Waals surface area contributed by atoms with E-state index in [9.17, 15) is 8.42 Å². The van der Waals surface area contributed by atoms with Crippen molar-refractivity contribution >= 4 is 15.9 Å². The molecule has 0 atom stereocenters. The van der Waals surface area contributed by atoms with Crippen molar-refractivity contribution in [1.29, 1.82) is 0 Å². The van der Waals surface area contributed by atoms with E-state index in [4.69, 9.17) is 4.74 Å². The zero-order valence-electron chi connectivity index (χ0n) is 12.5. The minimum Gasteiger partial charge on any atom is -0.497 e. The molecule has 0 radical (unpaired) electrons. The predicted octanol–water partition coefficient (Wildman–Crippen LogP) is 1.28. The van der Waals surface area contributed by atoms with Crippen LogP contribution in [0.25, 0.3) is 0 Å². The van der Waals surface area contributed by atoms with Crippen molar-refractivity contribution < 1.29 is 13.2 Å². The number of nitrogens with zero attached hydrogens (tertiary/aromatic N) is 1. The van der Waals surface area contributed by atoms with Crippen LogP contribution in [-0.4, -0.2) is 46.5 Å². The monoisotopic (exact) mass is 313 g/mol. The molecule has 0 spiro atoms. The van der Waals surface area contributed by atoms with Crippen LogP contribution in [-0.2, 0) is 10.2 Å². The second kappa shape index (κ2) is 7.11. The first-order chi connectivity index (χ1) is 10.0. The Morgan fingerprint density at radius 1 is 1.33 bits per heavy atom. The molecule has 118 valence electrons. The van der Waals surface area contributed by atoms with Crippen LogP contribution in [0.2, 0.25) is 0 Å². The fourth-order valence-electron chi connectivity index (χ4n) is 2.54. The van der Waals surface area contributed by atoms with Gasteiger partial charge in [0.25, 0.3) is 0 Å². The topological polar surface area (TPSA) is 70.7 Å². The largest absolute Gasteiger partial charge is 0.497 e. The number of methoxy groups -OCH3 is 1. The number of anilines is 1. The van der Waals surface area contributed by atoms with Gasteiger partial charge in [-0.2, -0.15) is 12.7 Å². The minimum absolute atomic E-state index is 0.520. The summed E-state index contributed by atoms with van der Waals surface area (Å²) in [5, 5.41) is 3.15. The second-order valence-corrected chi connectivity index (χ2v) is 6.91. The zero-order chi connectivity index (χ0) is 15.3. The van der Waals surface area contributed by atoms with Crippen LogP contribution in [0.15, 0.2) is 24.3 Å². The molecule has 0 aromatic heterocycles. The number of benzene rings is 1. The molecular weight excluding hydrogens is 290 g/mol. The molecular formula is C14H23N3O3S. The highest BCUT2D eigenvalue weighted by atomic mass is 32.2. The summed E-state index contributed by atoms with van der Waals surface area (Å²) in [5.41, 5.74) is 0.520. The average molecular weight is 313 g/mol. The molecule has 0 amide bonds. The first-order valence-corrected chi connectivity index (χ1v) is 8.55. The van der Waals surface area contributed by atoms with Gasteiger partial charge in [0.15, 0.2) is 0 Å². The van der Waals surface area contributed by atoms with Crippen molar-refractivity contribution in [3.05, 3.63) is 24.3 Å². The average Bonchev–Trinajstić information content (AvgIpc) is 2.48. The van der Waals surface area contributed by atoms with Crippen molar-refractivity contribution in [3.8, 4) is 5.75 Å². The Morgan fingerprint density at radius 3 is 2.67 bits per heavy atom. The second-order valence-electron chi connectivity index (χ2n) is 5.24. The number of rotatable bonds is 6. The van der Waals surface area contributed by atoms with E-state index < -0.39 is 10.2 Å². The number of nitrogens with one attached hydrogen (secondary N) is 2. The molecule has 0 aliphatic carbocycles. The van der Waals surface area contributed by atoms with Gasteiger partial charge in [-0.15, -0.1) is 0 Å². The van der Waals surface area contributed by atoms with E-state index in [1.54, 1.807) is 31.4 Å². The zero-order valence-corrected chi connectivity index (χ0v) is 13.3. The van der Waals surface area contributed by atoms with E-state index in [2.05, 4.69) is 10.0 Å². The summed E-state index contributed by atoms with van der Waals surface area (Å²) in [4.78, 5) is 0. The Bertz CT molecular complexity index is 554. The van der Waals surface area contributed by atoms with Crippen molar-refractivity contribution in [2.45, 2.75) is 12.8 Å². The Labute approximate surface area is 126 Å². The van der Waals surface area contributed by atoms with E-state index in [1.807, 2.05) is 7.05 Å². The van der Waals surface area contributed by atoms with E-state index in [0.717, 1.165) is 19.4 Å². The molecule has 1 saturated heterocycles. The molecule has 1 aliphatic rings. The Kier molecular flexibility index (Phi) is 5.44. The SMILES string of the molecule is CNCC1CCN(S(=O)(=O)Nc2cccc(OC)c2)CC1. The minimum atomic E-state index is -3.49. The first kappa shape index (κ1) is 16.1. The normalized spacial score (nSPS) is 17.6. The molecule has 1 aromatic carbocycles. The smallest absolute Gasteiger partial charge is 0.301 e. The molecule has 0 saturated carbocycles. The highest BCUT2D eigenvalue weighted by Gasteiger charge is 2.27. The molecule has 1 fully saturated rings. The van der Waals surface area contributed by atoms with Gasteiger partial charge >= 0.3 is 10.2 Å². The third kappa shape index (κ3) is 4.33. The maximum Gasteiger partial charge on any atom is 0.301 e. The third-order valence-electron chi connectivity index (χ3n) is 3.72. The van der Waals surface area contributed by atoms with E-state index >= 15 is 0 Å². The first-order valence-electron chi connectivity index (χ1n) is 7.11. The summed E-state index contributed by atoms with van der Waals surface area (Å²) in [6.07, 6.45) is 1.78. The molecule has 2 rings (SSSR count). The van der Waals surface area contributed by atoms with Crippen LogP contribution < -0.4 is 14.8 Å². The van der Waals surface area contributed by atoms with Crippen molar-refractivity contribution in [1.82, 2.24) is 9.62 Å². The van der Waals surface area contributed by atoms with Gasteiger partial charge < -0.3 is 10.1 Å². The number of hydrogen-bond donors (Lipinski definition) is 2.